The summed E-state index contributed by atoms with van der Waals surface area (Å²) < 4.78 is 0. The number of nitrogens with zero attached hydrogens (tertiary/aromatic N) is 2. The van der Waals surface area contributed by atoms with Gasteiger partial charge in [-0.25, -0.2) is 4.98 Å². The average Bonchev–Trinajstić information content (AvgIpc) is 2.39. The summed E-state index contributed by atoms with van der Waals surface area (Å²) in [5, 5.41) is 5.60. The van der Waals surface area contributed by atoms with Crippen molar-refractivity contribution >= 4 is 28.2 Å². The van der Waals surface area contributed by atoms with Crippen molar-refractivity contribution in [3.8, 4) is 0 Å². The molecule has 0 spiro atoms. The predicted molar refractivity (Wildman–Crippen MR) is 73.7 cm³/mol. The second-order valence-corrected chi connectivity index (χ2v) is 3.99. The zero-order valence-electron chi connectivity index (χ0n) is 9.67. The van der Waals surface area contributed by atoms with Crippen LogP contribution in [-0.4, -0.2) is 9.97 Å². The van der Waals surface area contributed by atoms with Crippen molar-refractivity contribution in [2.75, 3.05) is 11.1 Å². The SMILES string of the molecule is Nc1nccc(Nc2ccc3ccccc3c2)n1. The molecule has 1 aromatic heterocycles. The van der Waals surface area contributed by atoms with Gasteiger partial charge in [-0.05, 0) is 29.0 Å². The summed E-state index contributed by atoms with van der Waals surface area (Å²) in [6.07, 6.45) is 1.63. The van der Waals surface area contributed by atoms with E-state index in [1.807, 2.05) is 18.2 Å². The van der Waals surface area contributed by atoms with E-state index >= 15 is 0 Å². The summed E-state index contributed by atoms with van der Waals surface area (Å²) in [6.45, 7) is 0. The fourth-order valence-corrected chi connectivity index (χ4v) is 1.86. The van der Waals surface area contributed by atoms with Gasteiger partial charge in [-0.3, -0.25) is 0 Å². The van der Waals surface area contributed by atoms with Gasteiger partial charge in [0.25, 0.3) is 0 Å². The number of anilines is 3. The van der Waals surface area contributed by atoms with E-state index in [1.54, 1.807) is 12.3 Å². The number of aromatic nitrogens is 2. The van der Waals surface area contributed by atoms with Gasteiger partial charge in [0.15, 0.2) is 0 Å². The van der Waals surface area contributed by atoms with Gasteiger partial charge in [-0.1, -0.05) is 30.3 Å². The Bertz CT molecular complexity index is 694. The molecule has 2 aromatic carbocycles. The Morgan fingerprint density at radius 1 is 0.944 bits per heavy atom. The van der Waals surface area contributed by atoms with Crippen LogP contribution in [-0.2, 0) is 0 Å². The van der Waals surface area contributed by atoms with Crippen molar-refractivity contribution < 1.29 is 0 Å². The van der Waals surface area contributed by atoms with E-state index < -0.39 is 0 Å². The number of nitrogen functional groups attached to an aromatic ring is 1. The molecule has 0 aliphatic rings. The van der Waals surface area contributed by atoms with Crippen LogP contribution in [0.5, 0.6) is 0 Å². The normalized spacial score (nSPS) is 10.4. The summed E-state index contributed by atoms with van der Waals surface area (Å²) >= 11 is 0. The van der Waals surface area contributed by atoms with Crippen LogP contribution in [0.4, 0.5) is 17.5 Å². The number of nitrogens with two attached hydrogens (primary N) is 1. The molecule has 18 heavy (non-hydrogen) atoms. The smallest absolute Gasteiger partial charge is 0.221 e. The van der Waals surface area contributed by atoms with Crippen molar-refractivity contribution in [3.63, 3.8) is 0 Å². The number of rotatable bonds is 2. The quantitative estimate of drug-likeness (QED) is 0.718. The van der Waals surface area contributed by atoms with Crippen molar-refractivity contribution in [2.45, 2.75) is 0 Å². The first kappa shape index (κ1) is 10.5. The van der Waals surface area contributed by atoms with Gasteiger partial charge in [0.2, 0.25) is 5.95 Å². The van der Waals surface area contributed by atoms with E-state index in [0.29, 0.717) is 5.82 Å². The maximum atomic E-state index is 5.54. The number of hydrogen-bond donors (Lipinski definition) is 2. The third kappa shape index (κ3) is 2.08. The Morgan fingerprint density at radius 2 is 1.78 bits per heavy atom. The predicted octanol–water partition coefficient (Wildman–Crippen LogP) is 2.96. The lowest BCUT2D eigenvalue weighted by atomic mass is 10.1. The second kappa shape index (κ2) is 4.33. The van der Waals surface area contributed by atoms with Gasteiger partial charge in [-0.2, -0.15) is 4.98 Å². The van der Waals surface area contributed by atoms with Crippen LogP contribution in [0.3, 0.4) is 0 Å². The molecule has 0 saturated heterocycles. The topological polar surface area (TPSA) is 63.8 Å². The van der Waals surface area contributed by atoms with Gasteiger partial charge >= 0.3 is 0 Å². The first-order valence-corrected chi connectivity index (χ1v) is 5.66. The largest absolute Gasteiger partial charge is 0.368 e. The Labute approximate surface area is 104 Å². The summed E-state index contributed by atoms with van der Waals surface area (Å²) in [4.78, 5) is 7.96. The number of nitrogens with one attached hydrogen (secondary N) is 1. The highest BCUT2D eigenvalue weighted by molar-refractivity contribution is 5.86. The van der Waals surface area contributed by atoms with E-state index in [0.717, 1.165) is 5.69 Å². The molecule has 0 atom stereocenters. The van der Waals surface area contributed by atoms with Crippen LogP contribution in [0.25, 0.3) is 10.8 Å². The third-order valence-electron chi connectivity index (χ3n) is 2.70. The summed E-state index contributed by atoms with van der Waals surface area (Å²) in [5.41, 5.74) is 6.52. The van der Waals surface area contributed by atoms with Crippen LogP contribution in [0, 0.1) is 0 Å². The fraction of sp³-hybridized carbons (Fsp3) is 0. The fourth-order valence-electron chi connectivity index (χ4n) is 1.86. The van der Waals surface area contributed by atoms with Crippen LogP contribution < -0.4 is 11.1 Å². The van der Waals surface area contributed by atoms with Gasteiger partial charge in [0.1, 0.15) is 5.82 Å². The Kier molecular flexibility index (Phi) is 2.53. The molecule has 0 unspecified atom stereocenters. The molecule has 3 aromatic rings. The number of benzene rings is 2. The molecule has 0 amide bonds. The molecule has 1 heterocycles. The molecule has 0 saturated carbocycles. The van der Waals surface area contributed by atoms with E-state index in [9.17, 15) is 0 Å². The molecular weight excluding hydrogens is 224 g/mol. The van der Waals surface area contributed by atoms with Crippen LogP contribution in [0.15, 0.2) is 54.7 Å². The van der Waals surface area contributed by atoms with E-state index in [2.05, 4.69) is 39.6 Å². The minimum Gasteiger partial charge on any atom is -0.368 e. The standard InChI is InChI=1S/C14H12N4/c15-14-16-8-7-13(18-14)17-12-6-5-10-3-1-2-4-11(10)9-12/h1-9H,(H3,15,16,17,18). The molecule has 0 fully saturated rings. The van der Waals surface area contributed by atoms with Crippen LogP contribution >= 0.6 is 0 Å². The second-order valence-electron chi connectivity index (χ2n) is 3.99. The van der Waals surface area contributed by atoms with Gasteiger partial charge < -0.3 is 11.1 Å². The van der Waals surface area contributed by atoms with Crippen molar-refractivity contribution in [2.24, 2.45) is 0 Å². The van der Waals surface area contributed by atoms with E-state index in [-0.39, 0.29) is 5.95 Å². The first-order chi connectivity index (χ1) is 8.81. The molecule has 4 heteroatoms. The van der Waals surface area contributed by atoms with Crippen molar-refractivity contribution in [1.29, 1.82) is 0 Å². The molecule has 88 valence electrons. The van der Waals surface area contributed by atoms with Crippen LogP contribution in [0.2, 0.25) is 0 Å². The van der Waals surface area contributed by atoms with E-state index in [1.165, 1.54) is 10.8 Å². The highest BCUT2D eigenvalue weighted by Crippen LogP contribution is 2.21. The maximum Gasteiger partial charge on any atom is 0.221 e. The summed E-state index contributed by atoms with van der Waals surface area (Å²) in [5.74, 6) is 0.957. The van der Waals surface area contributed by atoms with Crippen molar-refractivity contribution in [3.05, 3.63) is 54.7 Å². The molecular formula is C14H12N4. The van der Waals surface area contributed by atoms with Gasteiger partial charge in [-0.15, -0.1) is 0 Å². The minimum absolute atomic E-state index is 0.265. The average molecular weight is 236 g/mol. The lowest BCUT2D eigenvalue weighted by Gasteiger charge is -2.06. The monoisotopic (exact) mass is 236 g/mol. The van der Waals surface area contributed by atoms with Gasteiger partial charge in [0.05, 0.1) is 0 Å². The molecule has 0 aliphatic carbocycles. The van der Waals surface area contributed by atoms with E-state index in [4.69, 9.17) is 5.73 Å². The van der Waals surface area contributed by atoms with Gasteiger partial charge in [0, 0.05) is 11.9 Å². The number of hydrogen-bond acceptors (Lipinski definition) is 4. The molecule has 0 radical (unpaired) electrons. The van der Waals surface area contributed by atoms with Crippen molar-refractivity contribution in [1.82, 2.24) is 9.97 Å². The Balaban J connectivity index is 1.95. The molecule has 3 rings (SSSR count). The summed E-state index contributed by atoms with van der Waals surface area (Å²) in [6, 6.07) is 16.2. The lowest BCUT2D eigenvalue weighted by Crippen LogP contribution is -1.98. The lowest BCUT2D eigenvalue weighted by molar-refractivity contribution is 1.18. The molecule has 4 nitrogen and oxygen atoms in total. The third-order valence-corrected chi connectivity index (χ3v) is 2.70. The molecule has 0 aliphatic heterocycles. The Morgan fingerprint density at radius 3 is 2.61 bits per heavy atom. The highest BCUT2D eigenvalue weighted by atomic mass is 15.1. The maximum absolute atomic E-state index is 5.54. The number of fused-ring (bicyclic) bond motifs is 1. The highest BCUT2D eigenvalue weighted by Gasteiger charge is 1.98. The molecule has 0 bridgehead atoms. The minimum atomic E-state index is 0.265. The summed E-state index contributed by atoms with van der Waals surface area (Å²) in [7, 11) is 0. The van der Waals surface area contributed by atoms with Crippen LogP contribution in [0.1, 0.15) is 0 Å². The Hall–Kier alpha value is -2.62. The zero-order valence-corrected chi connectivity index (χ0v) is 9.67. The zero-order chi connectivity index (χ0) is 12.4. The first-order valence-electron chi connectivity index (χ1n) is 5.66. The molecule has 3 N–H and O–H groups in total.